The van der Waals surface area contributed by atoms with E-state index in [0.717, 1.165) is 85.1 Å². The van der Waals surface area contributed by atoms with Crippen LogP contribution < -0.4 is 14.5 Å². The van der Waals surface area contributed by atoms with Gasteiger partial charge in [0.25, 0.3) is 0 Å². The molecular formula is C30H36ClN7O. The maximum Gasteiger partial charge on any atom is 0.318 e. The molecule has 0 aliphatic carbocycles. The number of nitrogens with zero attached hydrogens (tertiary/aromatic N) is 7. The van der Waals surface area contributed by atoms with Gasteiger partial charge in [0.1, 0.15) is 12.4 Å². The average Bonchev–Trinajstić information content (AvgIpc) is 3.35. The summed E-state index contributed by atoms with van der Waals surface area (Å²) in [5.41, 5.74) is 3.37. The molecule has 1 aromatic heterocycles. The summed E-state index contributed by atoms with van der Waals surface area (Å²) in [7, 11) is 2.16. The fourth-order valence-electron chi connectivity index (χ4n) is 6.26. The van der Waals surface area contributed by atoms with E-state index in [4.69, 9.17) is 26.3 Å². The van der Waals surface area contributed by atoms with Crippen LogP contribution in [0.5, 0.6) is 6.01 Å². The number of fused-ring (bicyclic) bond motifs is 2. The SMILES string of the molecule is CCN(CC1CN(C#N)C1)c1nc(OC[C@@H]2CCCN2C)nc2c1CCN(c1cccc3cccc(Cl)c13)C2. The van der Waals surface area contributed by atoms with E-state index in [0.29, 0.717) is 31.1 Å². The van der Waals surface area contributed by atoms with Crippen LogP contribution in [0.15, 0.2) is 36.4 Å². The van der Waals surface area contributed by atoms with Gasteiger partial charge in [-0.25, -0.2) is 0 Å². The number of rotatable bonds is 8. The summed E-state index contributed by atoms with van der Waals surface area (Å²) in [6.07, 6.45) is 5.45. The van der Waals surface area contributed by atoms with E-state index in [1.54, 1.807) is 0 Å². The Kier molecular flexibility index (Phi) is 7.37. The van der Waals surface area contributed by atoms with Gasteiger partial charge in [-0.1, -0.05) is 35.9 Å². The molecule has 3 aliphatic rings. The third kappa shape index (κ3) is 5.18. The fraction of sp³-hybridized carbons (Fsp3) is 0.500. The van der Waals surface area contributed by atoms with Crippen LogP contribution in [0, 0.1) is 17.4 Å². The molecule has 4 heterocycles. The third-order valence-electron chi connectivity index (χ3n) is 8.53. The first kappa shape index (κ1) is 26.0. The van der Waals surface area contributed by atoms with Crippen molar-refractivity contribution in [2.45, 2.75) is 38.8 Å². The van der Waals surface area contributed by atoms with Crippen LogP contribution in [0.2, 0.25) is 5.02 Å². The number of aromatic nitrogens is 2. The Bertz CT molecular complexity index is 1380. The number of ether oxygens (including phenoxy) is 1. The quantitative estimate of drug-likeness (QED) is 0.382. The smallest absolute Gasteiger partial charge is 0.318 e. The molecule has 0 N–H and O–H groups in total. The van der Waals surface area contributed by atoms with E-state index in [9.17, 15) is 5.26 Å². The summed E-state index contributed by atoms with van der Waals surface area (Å²) >= 11 is 6.69. The Balaban J connectivity index is 1.32. The highest BCUT2D eigenvalue weighted by atomic mass is 35.5. The summed E-state index contributed by atoms with van der Waals surface area (Å²) in [5.74, 6) is 1.45. The maximum atomic E-state index is 9.19. The van der Waals surface area contributed by atoms with Crippen LogP contribution in [0.25, 0.3) is 10.8 Å². The van der Waals surface area contributed by atoms with E-state index in [1.807, 2.05) is 17.0 Å². The Hall–Kier alpha value is -3.28. The zero-order valence-corrected chi connectivity index (χ0v) is 23.6. The van der Waals surface area contributed by atoms with E-state index in [2.05, 4.69) is 59.1 Å². The zero-order chi connectivity index (χ0) is 26.9. The fourth-order valence-corrected chi connectivity index (χ4v) is 6.54. The molecule has 2 aromatic carbocycles. The molecular weight excluding hydrogens is 510 g/mol. The minimum absolute atomic E-state index is 0.400. The highest BCUT2D eigenvalue weighted by molar-refractivity contribution is 6.36. The Labute approximate surface area is 235 Å². The van der Waals surface area contributed by atoms with Crippen molar-refractivity contribution in [3.63, 3.8) is 0 Å². The minimum Gasteiger partial charge on any atom is -0.462 e. The number of hydrogen-bond acceptors (Lipinski definition) is 8. The Morgan fingerprint density at radius 1 is 1.15 bits per heavy atom. The molecule has 3 aromatic rings. The third-order valence-corrected chi connectivity index (χ3v) is 8.85. The molecule has 6 rings (SSSR count). The van der Waals surface area contributed by atoms with Crippen molar-refractivity contribution in [3.05, 3.63) is 52.7 Å². The normalized spacial score (nSPS) is 19.6. The van der Waals surface area contributed by atoms with Crippen molar-refractivity contribution in [2.75, 3.05) is 62.7 Å². The predicted octanol–water partition coefficient (Wildman–Crippen LogP) is 4.56. The number of nitriles is 1. The van der Waals surface area contributed by atoms with Crippen molar-refractivity contribution in [2.24, 2.45) is 5.92 Å². The van der Waals surface area contributed by atoms with Crippen LogP contribution in [0.3, 0.4) is 0 Å². The van der Waals surface area contributed by atoms with Crippen molar-refractivity contribution >= 4 is 33.9 Å². The molecule has 0 unspecified atom stereocenters. The molecule has 2 saturated heterocycles. The average molecular weight is 546 g/mol. The first-order valence-electron chi connectivity index (χ1n) is 14.1. The van der Waals surface area contributed by atoms with Gasteiger partial charge in [-0.15, -0.1) is 0 Å². The van der Waals surface area contributed by atoms with E-state index >= 15 is 0 Å². The first-order chi connectivity index (χ1) is 19.0. The first-order valence-corrected chi connectivity index (χ1v) is 14.5. The maximum absolute atomic E-state index is 9.19. The molecule has 8 nitrogen and oxygen atoms in total. The molecule has 1 atom stereocenters. The van der Waals surface area contributed by atoms with E-state index in [-0.39, 0.29) is 0 Å². The second-order valence-electron chi connectivity index (χ2n) is 11.0. The van der Waals surface area contributed by atoms with Gasteiger partial charge in [0.2, 0.25) is 0 Å². The van der Waals surface area contributed by atoms with Crippen LogP contribution in [0.1, 0.15) is 31.0 Å². The number of likely N-dealkylation sites (N-methyl/N-ethyl adjacent to an activating group) is 1. The summed E-state index contributed by atoms with van der Waals surface area (Å²) in [4.78, 5) is 18.9. The number of benzene rings is 2. The highest BCUT2D eigenvalue weighted by Crippen LogP contribution is 2.37. The van der Waals surface area contributed by atoms with Crippen molar-refractivity contribution in [1.82, 2.24) is 19.8 Å². The number of halogens is 1. The Morgan fingerprint density at radius 2 is 1.97 bits per heavy atom. The largest absolute Gasteiger partial charge is 0.462 e. The van der Waals surface area contributed by atoms with Crippen LogP contribution in [0.4, 0.5) is 11.5 Å². The van der Waals surface area contributed by atoms with Gasteiger partial charge in [0.05, 0.1) is 17.3 Å². The van der Waals surface area contributed by atoms with Gasteiger partial charge in [0, 0.05) is 61.3 Å². The second kappa shape index (κ2) is 11.1. The van der Waals surface area contributed by atoms with Gasteiger partial charge in [0.15, 0.2) is 6.19 Å². The molecule has 0 radical (unpaired) electrons. The topological polar surface area (TPSA) is 71.8 Å². The molecule has 9 heteroatoms. The lowest BCUT2D eigenvalue weighted by atomic mass is 9.99. The standard InChI is InChI=1S/C30H36ClN7O/c1-3-37(17-21-15-36(16-21)20-32)29-24-12-14-38(27-11-5-8-22-7-4-10-25(31)28(22)27)18-26(24)33-30(34-29)39-19-23-9-6-13-35(23)2/h4-5,7-8,10-11,21,23H,3,6,9,12-19H2,1-2H3/t23-/m0/s1. The van der Waals surface area contributed by atoms with Gasteiger partial charge in [-0.05, 0) is 57.3 Å². The molecule has 0 saturated carbocycles. The van der Waals surface area contributed by atoms with Gasteiger partial charge < -0.3 is 24.3 Å². The lowest BCUT2D eigenvalue weighted by Gasteiger charge is -2.39. The second-order valence-corrected chi connectivity index (χ2v) is 11.4. The van der Waals surface area contributed by atoms with Crippen molar-refractivity contribution in [3.8, 4) is 12.2 Å². The monoisotopic (exact) mass is 545 g/mol. The van der Waals surface area contributed by atoms with Crippen LogP contribution in [-0.2, 0) is 13.0 Å². The number of likely N-dealkylation sites (tertiary alicyclic amines) is 2. The summed E-state index contributed by atoms with van der Waals surface area (Å²) in [6, 6.07) is 13.3. The summed E-state index contributed by atoms with van der Waals surface area (Å²) < 4.78 is 6.29. The van der Waals surface area contributed by atoms with Crippen LogP contribution in [-0.4, -0.2) is 78.7 Å². The van der Waals surface area contributed by atoms with Crippen molar-refractivity contribution in [1.29, 1.82) is 5.26 Å². The molecule has 39 heavy (non-hydrogen) atoms. The van der Waals surface area contributed by atoms with E-state index < -0.39 is 0 Å². The van der Waals surface area contributed by atoms with Crippen LogP contribution >= 0.6 is 11.6 Å². The predicted molar refractivity (Wildman–Crippen MR) is 155 cm³/mol. The molecule has 0 amide bonds. The Morgan fingerprint density at radius 3 is 2.72 bits per heavy atom. The molecule has 0 spiro atoms. The van der Waals surface area contributed by atoms with Gasteiger partial charge >= 0.3 is 6.01 Å². The zero-order valence-electron chi connectivity index (χ0n) is 22.8. The number of anilines is 2. The lowest BCUT2D eigenvalue weighted by molar-refractivity contribution is 0.174. The molecule has 3 aliphatic heterocycles. The van der Waals surface area contributed by atoms with Gasteiger partial charge in [-0.2, -0.15) is 15.2 Å². The lowest BCUT2D eigenvalue weighted by Crippen LogP contribution is -2.49. The van der Waals surface area contributed by atoms with Crippen molar-refractivity contribution < 1.29 is 4.74 Å². The molecule has 2 fully saturated rings. The van der Waals surface area contributed by atoms with Gasteiger partial charge in [-0.3, -0.25) is 0 Å². The van der Waals surface area contributed by atoms with E-state index in [1.165, 1.54) is 12.0 Å². The minimum atomic E-state index is 0.400. The highest BCUT2D eigenvalue weighted by Gasteiger charge is 2.31. The molecule has 204 valence electrons. The number of hydrogen-bond donors (Lipinski definition) is 0. The summed E-state index contributed by atoms with van der Waals surface area (Å²) in [5, 5.41) is 12.2. The summed E-state index contributed by atoms with van der Waals surface area (Å²) in [6.45, 7) is 8.78. The molecule has 0 bridgehead atoms.